The van der Waals surface area contributed by atoms with E-state index in [2.05, 4.69) is 26.8 Å². The van der Waals surface area contributed by atoms with Crippen molar-refractivity contribution in [2.24, 2.45) is 5.41 Å². The lowest BCUT2D eigenvalue weighted by Crippen LogP contribution is -2.27. The van der Waals surface area contributed by atoms with Gasteiger partial charge in [0.05, 0.1) is 6.61 Å². The van der Waals surface area contributed by atoms with Gasteiger partial charge in [-0.2, -0.15) is 0 Å². The minimum atomic E-state index is 0.195. The van der Waals surface area contributed by atoms with Crippen molar-refractivity contribution in [1.82, 2.24) is 0 Å². The average molecular weight is 254 g/mol. The summed E-state index contributed by atoms with van der Waals surface area (Å²) in [4.78, 5) is 11.4. The van der Waals surface area contributed by atoms with Gasteiger partial charge in [0.2, 0.25) is 0 Å². The molecule has 1 aliphatic rings. The highest BCUT2D eigenvalue weighted by molar-refractivity contribution is 5.79. The zero-order valence-electron chi connectivity index (χ0n) is 12.8. The SMILES string of the molecule is CC.CC(C)=CCOCC[C@]1(C)CCCC(=O)C1. The van der Waals surface area contributed by atoms with E-state index >= 15 is 0 Å². The first-order chi connectivity index (χ1) is 8.52. The monoisotopic (exact) mass is 254 g/mol. The van der Waals surface area contributed by atoms with E-state index in [9.17, 15) is 4.79 Å². The lowest BCUT2D eigenvalue weighted by Gasteiger charge is -2.32. The zero-order chi connectivity index (χ0) is 14.0. The van der Waals surface area contributed by atoms with Gasteiger partial charge in [0, 0.05) is 19.4 Å². The van der Waals surface area contributed by atoms with Crippen LogP contribution in [-0.4, -0.2) is 19.0 Å². The summed E-state index contributed by atoms with van der Waals surface area (Å²) < 4.78 is 5.56. The lowest BCUT2D eigenvalue weighted by atomic mass is 9.73. The maximum atomic E-state index is 11.4. The lowest BCUT2D eigenvalue weighted by molar-refractivity contribution is -0.123. The van der Waals surface area contributed by atoms with Crippen molar-refractivity contribution < 1.29 is 9.53 Å². The molecule has 0 aromatic rings. The smallest absolute Gasteiger partial charge is 0.133 e. The average Bonchev–Trinajstić information content (AvgIpc) is 2.30. The van der Waals surface area contributed by atoms with Crippen molar-refractivity contribution in [2.75, 3.05) is 13.2 Å². The Labute approximate surface area is 113 Å². The highest BCUT2D eigenvalue weighted by Crippen LogP contribution is 2.36. The van der Waals surface area contributed by atoms with Crippen molar-refractivity contribution in [2.45, 2.75) is 66.7 Å². The fraction of sp³-hybridized carbons (Fsp3) is 0.812. The quantitative estimate of drug-likeness (QED) is 0.532. The van der Waals surface area contributed by atoms with Crippen molar-refractivity contribution in [3.8, 4) is 0 Å². The second kappa shape index (κ2) is 9.32. The third kappa shape index (κ3) is 7.65. The first-order valence-electron chi connectivity index (χ1n) is 7.25. The van der Waals surface area contributed by atoms with Gasteiger partial charge in [-0.05, 0) is 38.5 Å². The van der Waals surface area contributed by atoms with Gasteiger partial charge in [0.25, 0.3) is 0 Å². The Morgan fingerprint density at radius 3 is 2.61 bits per heavy atom. The molecule has 2 nitrogen and oxygen atoms in total. The van der Waals surface area contributed by atoms with Crippen LogP contribution in [-0.2, 0) is 9.53 Å². The number of rotatable bonds is 5. The van der Waals surface area contributed by atoms with Crippen molar-refractivity contribution >= 4 is 5.78 Å². The predicted octanol–water partition coefficient (Wildman–Crippen LogP) is 4.53. The molecule has 0 N–H and O–H groups in total. The molecule has 0 unspecified atom stereocenters. The molecule has 106 valence electrons. The molecule has 0 saturated heterocycles. The van der Waals surface area contributed by atoms with E-state index < -0.39 is 0 Å². The van der Waals surface area contributed by atoms with E-state index in [0.717, 1.165) is 32.3 Å². The molecule has 0 spiro atoms. The van der Waals surface area contributed by atoms with Gasteiger partial charge in [-0.1, -0.05) is 32.4 Å². The summed E-state index contributed by atoms with van der Waals surface area (Å²) in [6, 6.07) is 0. The molecule has 18 heavy (non-hydrogen) atoms. The number of Topliss-reactive ketones (excluding diaryl/α,β-unsaturated/α-hetero) is 1. The summed E-state index contributed by atoms with van der Waals surface area (Å²) in [5.41, 5.74) is 1.49. The summed E-state index contributed by atoms with van der Waals surface area (Å²) in [5.74, 6) is 0.429. The number of hydrogen-bond acceptors (Lipinski definition) is 2. The van der Waals surface area contributed by atoms with Crippen LogP contribution in [0.25, 0.3) is 0 Å². The first kappa shape index (κ1) is 17.4. The zero-order valence-corrected chi connectivity index (χ0v) is 12.8. The Bertz CT molecular complexity index is 264. The van der Waals surface area contributed by atoms with Crippen LogP contribution >= 0.6 is 0 Å². The Kier molecular flexibility index (Phi) is 8.99. The third-order valence-electron chi connectivity index (χ3n) is 3.32. The predicted molar refractivity (Wildman–Crippen MR) is 77.8 cm³/mol. The van der Waals surface area contributed by atoms with Crippen LogP contribution in [0.15, 0.2) is 11.6 Å². The summed E-state index contributed by atoms with van der Waals surface area (Å²) in [6.45, 7) is 11.8. The molecule has 1 fully saturated rings. The summed E-state index contributed by atoms with van der Waals surface area (Å²) in [5, 5.41) is 0. The highest BCUT2D eigenvalue weighted by Gasteiger charge is 2.30. The molecule has 0 aromatic heterocycles. The van der Waals surface area contributed by atoms with E-state index in [0.29, 0.717) is 12.4 Å². The second-order valence-electron chi connectivity index (χ2n) is 5.49. The minimum absolute atomic E-state index is 0.195. The largest absolute Gasteiger partial charge is 0.377 e. The standard InChI is InChI=1S/C14H24O2.C2H6/c1-12(2)6-9-16-10-8-14(3)7-4-5-13(15)11-14;1-2/h6H,4-5,7-11H2,1-3H3;1-2H3/t14-;/m0./s1. The van der Waals surface area contributed by atoms with E-state index in [4.69, 9.17) is 4.74 Å². The van der Waals surface area contributed by atoms with Gasteiger partial charge in [0.1, 0.15) is 5.78 Å². The number of hydrogen-bond donors (Lipinski definition) is 0. The topological polar surface area (TPSA) is 26.3 Å². The highest BCUT2D eigenvalue weighted by atomic mass is 16.5. The molecule has 0 aliphatic heterocycles. The van der Waals surface area contributed by atoms with Crippen LogP contribution < -0.4 is 0 Å². The molecule has 1 saturated carbocycles. The summed E-state index contributed by atoms with van der Waals surface area (Å²) in [7, 11) is 0. The van der Waals surface area contributed by atoms with Gasteiger partial charge in [-0.15, -0.1) is 0 Å². The molecule has 0 heterocycles. The summed E-state index contributed by atoms with van der Waals surface area (Å²) in [6.07, 6.45) is 6.87. The molecule has 1 rings (SSSR count). The molecule has 0 radical (unpaired) electrons. The van der Waals surface area contributed by atoms with Crippen molar-refractivity contribution in [1.29, 1.82) is 0 Å². The van der Waals surface area contributed by atoms with Gasteiger partial charge >= 0.3 is 0 Å². The molecule has 1 aliphatic carbocycles. The van der Waals surface area contributed by atoms with Crippen LogP contribution in [0.5, 0.6) is 0 Å². The third-order valence-corrected chi connectivity index (χ3v) is 3.32. The molecule has 1 atom stereocenters. The molecular formula is C16H30O2. The maximum absolute atomic E-state index is 11.4. The van der Waals surface area contributed by atoms with E-state index in [1.165, 1.54) is 12.0 Å². The van der Waals surface area contributed by atoms with Gasteiger partial charge in [-0.25, -0.2) is 0 Å². The minimum Gasteiger partial charge on any atom is -0.377 e. The molecule has 0 aromatic carbocycles. The summed E-state index contributed by atoms with van der Waals surface area (Å²) >= 11 is 0. The number of allylic oxidation sites excluding steroid dienone is 1. The number of ether oxygens (including phenoxy) is 1. The maximum Gasteiger partial charge on any atom is 0.133 e. The Morgan fingerprint density at radius 1 is 1.39 bits per heavy atom. The van der Waals surface area contributed by atoms with Gasteiger partial charge in [0.15, 0.2) is 0 Å². The molecule has 2 heteroatoms. The Morgan fingerprint density at radius 2 is 2.06 bits per heavy atom. The fourth-order valence-corrected chi connectivity index (χ4v) is 2.21. The van der Waals surface area contributed by atoms with Crippen LogP contribution in [0.1, 0.15) is 66.7 Å². The first-order valence-corrected chi connectivity index (χ1v) is 7.25. The van der Waals surface area contributed by atoms with E-state index in [1.54, 1.807) is 0 Å². The number of ketones is 1. The second-order valence-corrected chi connectivity index (χ2v) is 5.49. The fourth-order valence-electron chi connectivity index (χ4n) is 2.21. The van der Waals surface area contributed by atoms with E-state index in [-0.39, 0.29) is 5.41 Å². The van der Waals surface area contributed by atoms with Gasteiger partial charge in [-0.3, -0.25) is 4.79 Å². The van der Waals surface area contributed by atoms with Crippen LogP contribution in [0.4, 0.5) is 0 Å². The van der Waals surface area contributed by atoms with Gasteiger partial charge < -0.3 is 4.74 Å². The van der Waals surface area contributed by atoms with E-state index in [1.807, 2.05) is 13.8 Å². The van der Waals surface area contributed by atoms with Crippen LogP contribution in [0.3, 0.4) is 0 Å². The number of carbonyl (C=O) groups is 1. The number of carbonyl (C=O) groups excluding carboxylic acids is 1. The van der Waals surface area contributed by atoms with Crippen LogP contribution in [0.2, 0.25) is 0 Å². The molecule has 0 amide bonds. The normalized spacial score (nSPS) is 23.1. The van der Waals surface area contributed by atoms with Crippen LogP contribution in [0, 0.1) is 5.41 Å². The Hall–Kier alpha value is -0.630. The van der Waals surface area contributed by atoms with Crippen molar-refractivity contribution in [3.63, 3.8) is 0 Å². The molecule has 0 bridgehead atoms. The van der Waals surface area contributed by atoms with Crippen molar-refractivity contribution in [3.05, 3.63) is 11.6 Å². The Balaban J connectivity index is 0.00000137. The molecular weight excluding hydrogens is 224 g/mol.